The summed E-state index contributed by atoms with van der Waals surface area (Å²) in [5.41, 5.74) is 3.04. The molecule has 2 aromatic rings. The summed E-state index contributed by atoms with van der Waals surface area (Å²) in [6, 6.07) is 10.1. The van der Waals surface area contributed by atoms with Gasteiger partial charge < -0.3 is 14.7 Å². The molecule has 5 heteroatoms. The van der Waals surface area contributed by atoms with Crippen LogP contribution >= 0.6 is 0 Å². The molecule has 0 aliphatic rings. The number of nitrogens with zero attached hydrogens (tertiary/aromatic N) is 2. The number of carbonyl (C=O) groups excluding carboxylic acids is 1. The average molecular weight is 287 g/mol. The van der Waals surface area contributed by atoms with E-state index < -0.39 is 0 Å². The number of rotatable bonds is 6. The molecule has 0 bridgehead atoms. The quantitative estimate of drug-likeness (QED) is 0.882. The van der Waals surface area contributed by atoms with Crippen LogP contribution in [0.25, 0.3) is 0 Å². The maximum Gasteiger partial charge on any atom is 0.226 e. The second kappa shape index (κ2) is 6.92. The summed E-state index contributed by atoms with van der Waals surface area (Å²) >= 11 is 0. The molecule has 21 heavy (non-hydrogen) atoms. The van der Waals surface area contributed by atoms with Crippen molar-refractivity contribution in [1.82, 2.24) is 10.5 Å². The Morgan fingerprint density at radius 3 is 2.57 bits per heavy atom. The van der Waals surface area contributed by atoms with Crippen molar-refractivity contribution in [3.63, 3.8) is 0 Å². The molecule has 0 radical (unpaired) electrons. The van der Waals surface area contributed by atoms with Crippen molar-refractivity contribution >= 4 is 11.6 Å². The fourth-order valence-corrected chi connectivity index (χ4v) is 2.04. The van der Waals surface area contributed by atoms with Gasteiger partial charge in [-0.3, -0.25) is 4.79 Å². The Hall–Kier alpha value is -2.30. The molecule has 1 heterocycles. The van der Waals surface area contributed by atoms with Crippen molar-refractivity contribution in [2.45, 2.75) is 19.8 Å². The number of aromatic nitrogens is 1. The minimum atomic E-state index is -0.0341. The van der Waals surface area contributed by atoms with Gasteiger partial charge in [0.2, 0.25) is 5.91 Å². The van der Waals surface area contributed by atoms with Crippen LogP contribution in [0.2, 0.25) is 0 Å². The Morgan fingerprint density at radius 1 is 1.29 bits per heavy atom. The molecule has 112 valence electrons. The average Bonchev–Trinajstić information content (AvgIpc) is 2.84. The van der Waals surface area contributed by atoms with Gasteiger partial charge in [0.1, 0.15) is 5.76 Å². The molecular weight excluding hydrogens is 266 g/mol. The molecule has 1 aromatic carbocycles. The number of hydrogen-bond acceptors (Lipinski definition) is 4. The van der Waals surface area contributed by atoms with E-state index in [1.165, 1.54) is 11.3 Å². The van der Waals surface area contributed by atoms with E-state index in [-0.39, 0.29) is 12.3 Å². The molecule has 0 aliphatic carbocycles. The predicted molar refractivity (Wildman–Crippen MR) is 82.4 cm³/mol. The zero-order valence-electron chi connectivity index (χ0n) is 12.7. The van der Waals surface area contributed by atoms with Crippen LogP contribution in [0.3, 0.4) is 0 Å². The Labute approximate surface area is 124 Å². The van der Waals surface area contributed by atoms with Gasteiger partial charge >= 0.3 is 0 Å². The van der Waals surface area contributed by atoms with E-state index in [9.17, 15) is 4.79 Å². The molecule has 2 rings (SSSR count). The third-order valence-electron chi connectivity index (χ3n) is 3.21. The third-order valence-corrected chi connectivity index (χ3v) is 3.21. The minimum Gasteiger partial charge on any atom is -0.378 e. The Kier molecular flexibility index (Phi) is 4.98. The maximum absolute atomic E-state index is 11.8. The van der Waals surface area contributed by atoms with Gasteiger partial charge in [0.25, 0.3) is 0 Å². The van der Waals surface area contributed by atoms with Crippen molar-refractivity contribution in [3.8, 4) is 0 Å². The normalized spacial score (nSPS) is 10.4. The van der Waals surface area contributed by atoms with Gasteiger partial charge in [0.15, 0.2) is 0 Å². The second-order valence-corrected chi connectivity index (χ2v) is 5.27. The molecular formula is C16H21N3O2. The predicted octanol–water partition coefficient (Wildman–Crippen LogP) is 1.95. The number of benzene rings is 1. The lowest BCUT2D eigenvalue weighted by Gasteiger charge is -2.12. The largest absolute Gasteiger partial charge is 0.378 e. The highest BCUT2D eigenvalue weighted by atomic mass is 16.5. The van der Waals surface area contributed by atoms with E-state index in [2.05, 4.69) is 39.6 Å². The summed E-state index contributed by atoms with van der Waals surface area (Å²) in [7, 11) is 4.03. The standard InChI is InChI=1S/C16H21N3O2/c1-12-10-14(18-21-12)11-16(20)17-9-8-13-4-6-15(7-5-13)19(2)3/h4-7,10H,8-9,11H2,1-3H3,(H,17,20). The molecule has 1 N–H and O–H groups in total. The SMILES string of the molecule is Cc1cc(CC(=O)NCCc2ccc(N(C)C)cc2)no1. The van der Waals surface area contributed by atoms with Gasteiger partial charge in [-0.2, -0.15) is 0 Å². The molecule has 5 nitrogen and oxygen atoms in total. The third kappa shape index (κ3) is 4.63. The summed E-state index contributed by atoms with van der Waals surface area (Å²) in [6.07, 6.45) is 1.08. The van der Waals surface area contributed by atoms with Gasteiger partial charge in [-0.05, 0) is 31.0 Å². The van der Waals surface area contributed by atoms with Crippen LogP contribution in [0.4, 0.5) is 5.69 Å². The molecule has 0 spiro atoms. The number of nitrogens with one attached hydrogen (secondary N) is 1. The van der Waals surface area contributed by atoms with E-state index in [0.29, 0.717) is 12.2 Å². The van der Waals surface area contributed by atoms with Crippen molar-refractivity contribution in [3.05, 3.63) is 47.3 Å². The van der Waals surface area contributed by atoms with E-state index >= 15 is 0 Å². The molecule has 1 aromatic heterocycles. The fourth-order valence-electron chi connectivity index (χ4n) is 2.04. The molecule has 0 fully saturated rings. The van der Waals surface area contributed by atoms with Crippen LogP contribution in [0.15, 0.2) is 34.9 Å². The summed E-state index contributed by atoms with van der Waals surface area (Å²) in [4.78, 5) is 13.8. The van der Waals surface area contributed by atoms with E-state index in [1.807, 2.05) is 21.0 Å². The first-order chi connectivity index (χ1) is 10.0. The van der Waals surface area contributed by atoms with E-state index in [0.717, 1.165) is 12.2 Å². The Morgan fingerprint density at radius 2 is 2.00 bits per heavy atom. The van der Waals surface area contributed by atoms with Crippen LogP contribution < -0.4 is 10.2 Å². The molecule has 0 unspecified atom stereocenters. The summed E-state index contributed by atoms with van der Waals surface area (Å²) in [5.74, 6) is 0.687. The van der Waals surface area contributed by atoms with Crippen molar-refractivity contribution in [2.75, 3.05) is 25.5 Å². The first-order valence-corrected chi connectivity index (χ1v) is 7.00. The number of amides is 1. The molecule has 1 amide bonds. The molecule has 0 atom stereocenters. The topological polar surface area (TPSA) is 58.4 Å². The summed E-state index contributed by atoms with van der Waals surface area (Å²) in [6.45, 7) is 2.43. The van der Waals surface area contributed by atoms with Gasteiger partial charge in [-0.25, -0.2) is 0 Å². The monoisotopic (exact) mass is 287 g/mol. The lowest BCUT2D eigenvalue weighted by atomic mass is 10.1. The van der Waals surface area contributed by atoms with Crippen LogP contribution in [-0.2, 0) is 17.6 Å². The Bertz CT molecular complexity index is 588. The van der Waals surface area contributed by atoms with Crippen LogP contribution in [0.5, 0.6) is 0 Å². The van der Waals surface area contributed by atoms with Gasteiger partial charge in [0, 0.05) is 32.4 Å². The summed E-state index contributed by atoms with van der Waals surface area (Å²) in [5, 5.41) is 6.70. The van der Waals surface area contributed by atoms with Gasteiger partial charge in [-0.1, -0.05) is 17.3 Å². The zero-order valence-corrected chi connectivity index (χ0v) is 12.7. The lowest BCUT2D eigenvalue weighted by Crippen LogP contribution is -2.27. The van der Waals surface area contributed by atoms with Crippen molar-refractivity contribution in [1.29, 1.82) is 0 Å². The zero-order chi connectivity index (χ0) is 15.2. The Balaban J connectivity index is 1.74. The number of carbonyl (C=O) groups is 1. The van der Waals surface area contributed by atoms with Gasteiger partial charge in [-0.15, -0.1) is 0 Å². The maximum atomic E-state index is 11.8. The van der Waals surface area contributed by atoms with Crippen LogP contribution in [-0.4, -0.2) is 31.7 Å². The van der Waals surface area contributed by atoms with Crippen LogP contribution in [0.1, 0.15) is 17.0 Å². The molecule has 0 saturated carbocycles. The number of aryl methyl sites for hydroxylation is 1. The van der Waals surface area contributed by atoms with E-state index in [1.54, 1.807) is 6.07 Å². The minimum absolute atomic E-state index is 0.0341. The number of hydrogen-bond donors (Lipinski definition) is 1. The lowest BCUT2D eigenvalue weighted by molar-refractivity contribution is -0.120. The van der Waals surface area contributed by atoms with Crippen molar-refractivity contribution < 1.29 is 9.32 Å². The highest BCUT2D eigenvalue weighted by Gasteiger charge is 2.07. The van der Waals surface area contributed by atoms with E-state index in [4.69, 9.17) is 4.52 Å². The first-order valence-electron chi connectivity index (χ1n) is 7.00. The fraction of sp³-hybridized carbons (Fsp3) is 0.375. The first kappa shape index (κ1) is 15.1. The highest BCUT2D eigenvalue weighted by Crippen LogP contribution is 2.12. The second-order valence-electron chi connectivity index (χ2n) is 5.27. The molecule has 0 saturated heterocycles. The van der Waals surface area contributed by atoms with Crippen LogP contribution in [0, 0.1) is 6.92 Å². The molecule has 0 aliphatic heterocycles. The smallest absolute Gasteiger partial charge is 0.226 e. The highest BCUT2D eigenvalue weighted by molar-refractivity contribution is 5.78. The summed E-state index contributed by atoms with van der Waals surface area (Å²) < 4.78 is 4.94. The van der Waals surface area contributed by atoms with Crippen molar-refractivity contribution in [2.24, 2.45) is 0 Å². The number of anilines is 1. The van der Waals surface area contributed by atoms with Gasteiger partial charge in [0.05, 0.1) is 12.1 Å².